The van der Waals surface area contributed by atoms with Crippen LogP contribution < -0.4 is 0 Å². The molecule has 0 unspecified atom stereocenters. The van der Waals surface area contributed by atoms with Crippen LogP contribution in [-0.4, -0.2) is 24.8 Å². The molecule has 4 aromatic rings. The van der Waals surface area contributed by atoms with Crippen LogP contribution in [0.3, 0.4) is 0 Å². The quantitative estimate of drug-likeness (QED) is 0.581. The smallest absolute Gasteiger partial charge is 0.226 e. The molecule has 24 heavy (non-hydrogen) atoms. The maximum absolute atomic E-state index is 13.9. The molecule has 1 N–H and O–H groups in total. The van der Waals surface area contributed by atoms with Gasteiger partial charge in [0.1, 0.15) is 6.07 Å². The standard InChI is InChI=1S/C16H9FN6S/c17-16-13(2-1-3-19-16)24-14-4-10(12-6-20-21-7-12)9-23-15(14)11(5-18)8-22-23/h1-4,6-9H,(H,20,21). The molecule has 4 aromatic heterocycles. The molecule has 116 valence electrons. The van der Waals surface area contributed by atoms with Gasteiger partial charge in [0, 0.05) is 34.6 Å². The fourth-order valence-electron chi connectivity index (χ4n) is 2.38. The minimum absolute atomic E-state index is 0.383. The van der Waals surface area contributed by atoms with Gasteiger partial charge in [-0.2, -0.15) is 19.8 Å². The van der Waals surface area contributed by atoms with Gasteiger partial charge in [0.05, 0.1) is 28.4 Å². The second-order valence-corrected chi connectivity index (χ2v) is 6.02. The van der Waals surface area contributed by atoms with Crippen molar-refractivity contribution in [2.24, 2.45) is 0 Å². The zero-order valence-electron chi connectivity index (χ0n) is 12.1. The number of pyridine rings is 2. The highest BCUT2D eigenvalue weighted by atomic mass is 32.2. The minimum Gasteiger partial charge on any atom is -0.285 e. The molecule has 0 aromatic carbocycles. The Labute approximate surface area is 140 Å². The van der Waals surface area contributed by atoms with Gasteiger partial charge in [-0.1, -0.05) is 11.8 Å². The number of H-pyrrole nitrogens is 1. The third kappa shape index (κ3) is 2.41. The van der Waals surface area contributed by atoms with Crippen LogP contribution >= 0.6 is 11.8 Å². The maximum Gasteiger partial charge on any atom is 0.226 e. The molecule has 0 spiro atoms. The summed E-state index contributed by atoms with van der Waals surface area (Å²) in [5, 5.41) is 20.2. The SMILES string of the molecule is N#Cc1cnn2cc(-c3cn[nH]c3)cc(Sc3cccnc3F)c12. The van der Waals surface area contributed by atoms with Crippen molar-refractivity contribution in [3.05, 3.63) is 60.7 Å². The van der Waals surface area contributed by atoms with Crippen LogP contribution in [0.2, 0.25) is 0 Å². The molecule has 0 aliphatic rings. The molecule has 0 radical (unpaired) electrons. The van der Waals surface area contributed by atoms with E-state index in [-0.39, 0.29) is 0 Å². The van der Waals surface area contributed by atoms with Crippen molar-refractivity contribution in [3.8, 4) is 17.2 Å². The van der Waals surface area contributed by atoms with E-state index in [9.17, 15) is 9.65 Å². The summed E-state index contributed by atoms with van der Waals surface area (Å²) < 4.78 is 15.5. The number of halogens is 1. The van der Waals surface area contributed by atoms with Gasteiger partial charge in [-0.3, -0.25) is 5.10 Å². The summed E-state index contributed by atoms with van der Waals surface area (Å²) in [7, 11) is 0. The van der Waals surface area contributed by atoms with E-state index in [0.29, 0.717) is 16.0 Å². The fourth-order valence-corrected chi connectivity index (χ4v) is 3.38. The van der Waals surface area contributed by atoms with E-state index in [1.165, 1.54) is 24.2 Å². The average Bonchev–Trinajstić information content (AvgIpc) is 3.26. The summed E-state index contributed by atoms with van der Waals surface area (Å²) in [4.78, 5) is 4.77. The fraction of sp³-hybridized carbons (Fsp3) is 0. The second-order valence-electron chi connectivity index (χ2n) is 4.94. The van der Waals surface area contributed by atoms with E-state index in [0.717, 1.165) is 16.0 Å². The van der Waals surface area contributed by atoms with Gasteiger partial charge < -0.3 is 0 Å². The maximum atomic E-state index is 13.9. The molecule has 4 rings (SSSR count). The van der Waals surface area contributed by atoms with Crippen LogP contribution in [0.25, 0.3) is 16.6 Å². The molecule has 0 atom stereocenters. The first-order chi connectivity index (χ1) is 11.8. The van der Waals surface area contributed by atoms with Crippen LogP contribution in [0.4, 0.5) is 4.39 Å². The lowest BCUT2D eigenvalue weighted by Crippen LogP contribution is -1.93. The minimum atomic E-state index is -0.549. The first-order valence-electron chi connectivity index (χ1n) is 6.95. The monoisotopic (exact) mass is 336 g/mol. The highest BCUT2D eigenvalue weighted by Crippen LogP contribution is 2.36. The number of hydrogen-bond acceptors (Lipinski definition) is 5. The number of fused-ring (bicyclic) bond motifs is 1. The zero-order valence-corrected chi connectivity index (χ0v) is 13.0. The molecule has 0 aliphatic carbocycles. The summed E-state index contributed by atoms with van der Waals surface area (Å²) in [6.07, 6.45) is 8.16. The van der Waals surface area contributed by atoms with E-state index in [4.69, 9.17) is 0 Å². The Morgan fingerprint density at radius 2 is 2.17 bits per heavy atom. The highest BCUT2D eigenvalue weighted by molar-refractivity contribution is 7.99. The Bertz CT molecular complexity index is 1060. The normalized spacial score (nSPS) is 10.8. The molecule has 0 bridgehead atoms. The number of rotatable bonds is 3. The number of nitrogens with zero attached hydrogens (tertiary/aromatic N) is 5. The van der Waals surface area contributed by atoms with Crippen LogP contribution in [0.15, 0.2) is 59.0 Å². The van der Waals surface area contributed by atoms with Gasteiger partial charge in [0.2, 0.25) is 5.95 Å². The number of aromatic amines is 1. The molecule has 0 saturated heterocycles. The molecule has 0 fully saturated rings. The Kier molecular flexibility index (Phi) is 3.48. The van der Waals surface area contributed by atoms with E-state index in [1.807, 2.05) is 12.3 Å². The van der Waals surface area contributed by atoms with Gasteiger partial charge in [0.15, 0.2) is 0 Å². The highest BCUT2D eigenvalue weighted by Gasteiger charge is 2.15. The van der Waals surface area contributed by atoms with Crippen molar-refractivity contribution >= 4 is 17.3 Å². The number of nitrogens with one attached hydrogen (secondary N) is 1. The van der Waals surface area contributed by atoms with E-state index >= 15 is 0 Å². The van der Waals surface area contributed by atoms with Gasteiger partial charge >= 0.3 is 0 Å². The predicted octanol–water partition coefficient (Wildman–Crippen LogP) is 3.28. The Morgan fingerprint density at radius 1 is 1.25 bits per heavy atom. The van der Waals surface area contributed by atoms with Gasteiger partial charge in [-0.05, 0) is 18.2 Å². The van der Waals surface area contributed by atoms with Crippen molar-refractivity contribution in [1.82, 2.24) is 24.8 Å². The average molecular weight is 336 g/mol. The van der Waals surface area contributed by atoms with Gasteiger partial charge in [0.25, 0.3) is 0 Å². The van der Waals surface area contributed by atoms with E-state index < -0.39 is 5.95 Å². The largest absolute Gasteiger partial charge is 0.285 e. The summed E-state index contributed by atoms with van der Waals surface area (Å²) in [6.45, 7) is 0. The van der Waals surface area contributed by atoms with Gasteiger partial charge in [-0.15, -0.1) is 0 Å². The summed E-state index contributed by atoms with van der Waals surface area (Å²) in [5.41, 5.74) is 2.80. The number of hydrogen-bond donors (Lipinski definition) is 1. The lowest BCUT2D eigenvalue weighted by Gasteiger charge is -2.08. The molecule has 0 aliphatic heterocycles. The summed E-state index contributed by atoms with van der Waals surface area (Å²) in [6, 6.07) is 7.33. The predicted molar refractivity (Wildman–Crippen MR) is 85.8 cm³/mol. The van der Waals surface area contributed by atoms with Crippen LogP contribution in [0, 0.1) is 17.3 Å². The Hall–Kier alpha value is -3.18. The van der Waals surface area contributed by atoms with Crippen molar-refractivity contribution in [3.63, 3.8) is 0 Å². The first kappa shape index (κ1) is 14.4. The Morgan fingerprint density at radius 3 is 2.92 bits per heavy atom. The number of nitriles is 1. The summed E-state index contributed by atoms with van der Waals surface area (Å²) in [5.74, 6) is -0.549. The number of aromatic nitrogens is 5. The topological polar surface area (TPSA) is 82.7 Å². The summed E-state index contributed by atoms with van der Waals surface area (Å²) >= 11 is 1.21. The lowest BCUT2D eigenvalue weighted by molar-refractivity contribution is 0.557. The Balaban J connectivity index is 1.93. The lowest BCUT2D eigenvalue weighted by atomic mass is 10.1. The molecular weight excluding hydrogens is 327 g/mol. The molecule has 6 nitrogen and oxygen atoms in total. The first-order valence-corrected chi connectivity index (χ1v) is 7.77. The van der Waals surface area contributed by atoms with Crippen molar-refractivity contribution in [2.45, 2.75) is 9.79 Å². The van der Waals surface area contributed by atoms with Crippen LogP contribution in [0.5, 0.6) is 0 Å². The molecule has 0 amide bonds. The third-order valence-corrected chi connectivity index (χ3v) is 4.53. The van der Waals surface area contributed by atoms with Crippen molar-refractivity contribution < 1.29 is 4.39 Å². The van der Waals surface area contributed by atoms with E-state index in [2.05, 4.69) is 26.3 Å². The molecule has 4 heterocycles. The molecule has 0 saturated carbocycles. The van der Waals surface area contributed by atoms with E-state index in [1.54, 1.807) is 29.0 Å². The molecule has 8 heteroatoms. The van der Waals surface area contributed by atoms with Gasteiger partial charge in [-0.25, -0.2) is 9.50 Å². The zero-order chi connectivity index (χ0) is 16.5. The molecular formula is C16H9FN6S. The van der Waals surface area contributed by atoms with Crippen molar-refractivity contribution in [2.75, 3.05) is 0 Å². The van der Waals surface area contributed by atoms with Crippen LogP contribution in [-0.2, 0) is 0 Å². The second kappa shape index (κ2) is 5.79. The van der Waals surface area contributed by atoms with Crippen molar-refractivity contribution in [1.29, 1.82) is 5.26 Å². The van der Waals surface area contributed by atoms with Crippen LogP contribution in [0.1, 0.15) is 5.56 Å². The third-order valence-electron chi connectivity index (χ3n) is 3.47.